The molecule has 1 fully saturated rings. The summed E-state index contributed by atoms with van der Waals surface area (Å²) in [5, 5.41) is 3.83. The third-order valence-corrected chi connectivity index (χ3v) is 9.73. The van der Waals surface area contributed by atoms with Crippen molar-refractivity contribution in [3.8, 4) is 0 Å². The molecule has 1 aliphatic rings. The van der Waals surface area contributed by atoms with Crippen LogP contribution in [-0.4, -0.2) is 70.0 Å². The van der Waals surface area contributed by atoms with Gasteiger partial charge in [0.1, 0.15) is 5.82 Å². The number of sulfonamides is 1. The van der Waals surface area contributed by atoms with Crippen LogP contribution in [0, 0.1) is 5.82 Å². The molecule has 2 heterocycles. The Morgan fingerprint density at radius 3 is 2.40 bits per heavy atom. The van der Waals surface area contributed by atoms with Crippen LogP contribution < -0.4 is 14.5 Å². The molecule has 3 aromatic carbocycles. The molecule has 0 saturated carbocycles. The molecular weight excluding hydrogens is 573 g/mol. The molecule has 1 amide bonds. The number of hydrogen-bond donors (Lipinski definition) is 1. The predicted octanol–water partition coefficient (Wildman–Crippen LogP) is 4.62. The van der Waals surface area contributed by atoms with Gasteiger partial charge in [-0.25, -0.2) is 17.8 Å². The highest BCUT2D eigenvalue weighted by atomic mass is 35.5. The second-order valence-electron chi connectivity index (χ2n) is 9.22. The van der Waals surface area contributed by atoms with Crippen molar-refractivity contribution in [1.29, 1.82) is 0 Å². The molecular formula is C28H31ClFN5O3S2. The summed E-state index contributed by atoms with van der Waals surface area (Å²) in [5.41, 5.74) is 1.82. The lowest BCUT2D eigenvalue weighted by Gasteiger charge is -2.34. The Bertz CT molecular complexity index is 1540. The van der Waals surface area contributed by atoms with Gasteiger partial charge in [-0.15, -0.1) is 12.4 Å². The topological polar surface area (TPSA) is 85.8 Å². The number of carbonyl (C=O) groups is 1. The van der Waals surface area contributed by atoms with Gasteiger partial charge in [0.15, 0.2) is 5.13 Å². The Balaban J connectivity index is 0.00000370. The number of thiazole rings is 1. The Kier molecular flexibility index (Phi) is 9.62. The Morgan fingerprint density at radius 2 is 1.73 bits per heavy atom. The molecule has 0 aliphatic carbocycles. The van der Waals surface area contributed by atoms with E-state index >= 15 is 0 Å². The number of anilines is 2. The Labute approximate surface area is 243 Å². The first-order valence-electron chi connectivity index (χ1n) is 12.8. The average Bonchev–Trinajstić information content (AvgIpc) is 3.37. The lowest BCUT2D eigenvalue weighted by atomic mass is 10.2. The van der Waals surface area contributed by atoms with Crippen LogP contribution in [0.4, 0.5) is 15.2 Å². The number of aromatic nitrogens is 1. The number of nitrogens with one attached hydrogen (secondary N) is 1. The Hall–Kier alpha value is -3.25. The molecule has 4 aromatic rings. The first kappa shape index (κ1) is 29.7. The minimum atomic E-state index is -3.74. The number of para-hydroxylation sites is 1. The summed E-state index contributed by atoms with van der Waals surface area (Å²) in [5.74, 6) is -0.494. The molecule has 0 atom stereocenters. The zero-order valence-corrected chi connectivity index (χ0v) is 24.4. The van der Waals surface area contributed by atoms with Gasteiger partial charge < -0.3 is 10.2 Å². The van der Waals surface area contributed by atoms with E-state index in [2.05, 4.69) is 20.1 Å². The molecule has 1 N–H and O–H groups in total. The van der Waals surface area contributed by atoms with Crippen molar-refractivity contribution in [2.45, 2.75) is 11.8 Å². The maximum absolute atomic E-state index is 13.5. The summed E-state index contributed by atoms with van der Waals surface area (Å²) in [4.78, 5) is 21.9. The van der Waals surface area contributed by atoms with Crippen molar-refractivity contribution < 1.29 is 17.6 Å². The summed E-state index contributed by atoms with van der Waals surface area (Å²) < 4.78 is 42.0. The van der Waals surface area contributed by atoms with Crippen LogP contribution in [0.1, 0.15) is 17.3 Å². The number of amides is 1. The minimum Gasteiger partial charge on any atom is -0.351 e. The average molecular weight is 604 g/mol. The second-order valence-corrected chi connectivity index (χ2v) is 12.1. The van der Waals surface area contributed by atoms with Crippen molar-refractivity contribution in [3.63, 3.8) is 0 Å². The van der Waals surface area contributed by atoms with Crippen molar-refractivity contribution in [2.75, 3.05) is 55.0 Å². The van der Waals surface area contributed by atoms with Crippen molar-refractivity contribution in [1.82, 2.24) is 15.2 Å². The molecule has 40 heavy (non-hydrogen) atoms. The van der Waals surface area contributed by atoms with Gasteiger partial charge in [-0.05, 0) is 61.5 Å². The van der Waals surface area contributed by atoms with Crippen LogP contribution in [0.5, 0.6) is 0 Å². The molecule has 1 aromatic heterocycles. The molecule has 1 saturated heterocycles. The van der Waals surface area contributed by atoms with E-state index in [0.717, 1.165) is 41.5 Å². The van der Waals surface area contributed by atoms with Gasteiger partial charge in [0.25, 0.3) is 15.9 Å². The number of fused-ring (bicyclic) bond motifs is 1. The maximum atomic E-state index is 13.5. The standard InChI is InChI=1S/C28H30FN5O3S2.ClH/c1-2-34(23-6-4-3-5-7-23)39(36,37)24-11-8-21(9-12-24)27(35)30-14-15-32-16-18-33(19-17-32)28-31-25-13-10-22(29)20-26(25)38-28;/h3-13,20H,2,14-19H2,1H3,(H,30,35);1H. The third kappa shape index (κ3) is 6.55. The van der Waals surface area contributed by atoms with E-state index in [1.807, 2.05) is 6.07 Å². The normalized spacial score (nSPS) is 14.1. The van der Waals surface area contributed by atoms with E-state index in [1.54, 1.807) is 49.4 Å². The number of rotatable bonds is 9. The summed E-state index contributed by atoms with van der Waals surface area (Å²) >= 11 is 1.50. The number of halogens is 2. The van der Waals surface area contributed by atoms with E-state index in [4.69, 9.17) is 0 Å². The van der Waals surface area contributed by atoms with Crippen LogP contribution in [0.2, 0.25) is 0 Å². The fraction of sp³-hybridized carbons (Fsp3) is 0.286. The van der Waals surface area contributed by atoms with Gasteiger partial charge in [-0.3, -0.25) is 14.0 Å². The summed E-state index contributed by atoms with van der Waals surface area (Å²) in [6.07, 6.45) is 0. The second kappa shape index (κ2) is 12.9. The van der Waals surface area contributed by atoms with Crippen LogP contribution in [0.15, 0.2) is 77.7 Å². The largest absolute Gasteiger partial charge is 0.351 e. The van der Waals surface area contributed by atoms with Gasteiger partial charge in [-0.1, -0.05) is 29.5 Å². The van der Waals surface area contributed by atoms with Gasteiger partial charge in [0, 0.05) is 51.4 Å². The first-order valence-corrected chi connectivity index (χ1v) is 15.1. The van der Waals surface area contributed by atoms with Crippen LogP contribution in [0.25, 0.3) is 10.2 Å². The summed E-state index contributed by atoms with van der Waals surface area (Å²) in [7, 11) is -3.74. The summed E-state index contributed by atoms with van der Waals surface area (Å²) in [6.45, 7) is 6.56. The molecule has 0 unspecified atom stereocenters. The van der Waals surface area contributed by atoms with Gasteiger partial charge in [-0.2, -0.15) is 0 Å². The quantitative estimate of drug-likeness (QED) is 0.300. The summed E-state index contributed by atoms with van der Waals surface area (Å²) in [6, 6.07) is 19.7. The number of nitrogens with zero attached hydrogens (tertiary/aromatic N) is 4. The van der Waals surface area contributed by atoms with Crippen LogP contribution in [-0.2, 0) is 10.0 Å². The number of piperazine rings is 1. The lowest BCUT2D eigenvalue weighted by Crippen LogP contribution is -2.48. The minimum absolute atomic E-state index is 0. The number of benzene rings is 3. The Morgan fingerprint density at radius 1 is 1.02 bits per heavy atom. The van der Waals surface area contributed by atoms with E-state index < -0.39 is 10.0 Å². The SMILES string of the molecule is CCN(c1ccccc1)S(=O)(=O)c1ccc(C(=O)NCCN2CCN(c3nc4ccc(F)cc4s3)CC2)cc1.Cl. The zero-order valence-electron chi connectivity index (χ0n) is 22.0. The van der Waals surface area contributed by atoms with Gasteiger partial charge in [0.2, 0.25) is 0 Å². The fourth-order valence-corrected chi connectivity index (χ4v) is 7.12. The smallest absolute Gasteiger partial charge is 0.264 e. The number of carbonyl (C=O) groups excluding carboxylic acids is 1. The first-order chi connectivity index (χ1) is 18.8. The maximum Gasteiger partial charge on any atom is 0.264 e. The predicted molar refractivity (Wildman–Crippen MR) is 161 cm³/mol. The van der Waals surface area contributed by atoms with Gasteiger partial charge in [0.05, 0.1) is 20.8 Å². The number of hydrogen-bond acceptors (Lipinski definition) is 7. The van der Waals surface area contributed by atoms with Crippen molar-refractivity contribution in [3.05, 3.63) is 84.2 Å². The molecule has 8 nitrogen and oxygen atoms in total. The highest BCUT2D eigenvalue weighted by Gasteiger charge is 2.24. The monoisotopic (exact) mass is 603 g/mol. The lowest BCUT2D eigenvalue weighted by molar-refractivity contribution is 0.0947. The molecule has 5 rings (SSSR count). The van der Waals surface area contributed by atoms with Crippen LogP contribution in [0.3, 0.4) is 0 Å². The van der Waals surface area contributed by atoms with E-state index in [9.17, 15) is 17.6 Å². The molecule has 0 bridgehead atoms. The fourth-order valence-electron chi connectivity index (χ4n) is 4.61. The van der Waals surface area contributed by atoms with E-state index in [0.29, 0.717) is 30.9 Å². The highest BCUT2D eigenvalue weighted by Crippen LogP contribution is 2.30. The van der Waals surface area contributed by atoms with E-state index in [-0.39, 0.29) is 29.0 Å². The molecule has 12 heteroatoms. The molecule has 0 radical (unpaired) electrons. The molecule has 212 valence electrons. The highest BCUT2D eigenvalue weighted by molar-refractivity contribution is 7.92. The molecule has 0 spiro atoms. The third-order valence-electron chi connectivity index (χ3n) is 6.73. The van der Waals surface area contributed by atoms with Gasteiger partial charge >= 0.3 is 0 Å². The van der Waals surface area contributed by atoms with E-state index in [1.165, 1.54) is 39.9 Å². The zero-order chi connectivity index (χ0) is 27.4. The van der Waals surface area contributed by atoms with Crippen molar-refractivity contribution in [2.24, 2.45) is 0 Å². The van der Waals surface area contributed by atoms with Crippen molar-refractivity contribution >= 4 is 60.7 Å². The van der Waals surface area contributed by atoms with Crippen LogP contribution >= 0.6 is 23.7 Å². The molecule has 1 aliphatic heterocycles.